The highest BCUT2D eigenvalue weighted by atomic mass is 19.1. The van der Waals surface area contributed by atoms with Gasteiger partial charge in [-0.2, -0.15) is 0 Å². The third kappa shape index (κ3) is 2.87. The minimum Gasteiger partial charge on any atom is -0.386 e. The Kier molecular flexibility index (Phi) is 3.58. The molecule has 3 aromatic rings. The molecular formula is C16H12F2N2O. The topological polar surface area (TPSA) is 46.0 Å². The van der Waals surface area contributed by atoms with Crippen molar-refractivity contribution >= 4 is 11.0 Å². The van der Waals surface area contributed by atoms with Crippen LogP contribution in [0.1, 0.15) is 17.4 Å². The maximum Gasteiger partial charge on any atom is 0.126 e. The molecule has 1 heterocycles. The van der Waals surface area contributed by atoms with Gasteiger partial charge in [-0.15, -0.1) is 0 Å². The van der Waals surface area contributed by atoms with Gasteiger partial charge in [-0.1, -0.05) is 12.1 Å². The zero-order valence-electron chi connectivity index (χ0n) is 11.0. The van der Waals surface area contributed by atoms with Crippen LogP contribution in [-0.4, -0.2) is 15.1 Å². The van der Waals surface area contributed by atoms with E-state index >= 15 is 0 Å². The lowest BCUT2D eigenvalue weighted by molar-refractivity contribution is 0.172. The normalized spacial score (nSPS) is 12.5. The molecule has 0 radical (unpaired) electrons. The number of hydrogen-bond acceptors (Lipinski definition) is 3. The van der Waals surface area contributed by atoms with Crippen LogP contribution >= 0.6 is 0 Å². The van der Waals surface area contributed by atoms with E-state index in [9.17, 15) is 13.9 Å². The number of nitrogens with zero attached hydrogens (tertiary/aromatic N) is 2. The Hall–Kier alpha value is -2.40. The Bertz CT molecular complexity index is 792. The molecule has 1 unspecified atom stereocenters. The van der Waals surface area contributed by atoms with E-state index in [0.717, 1.165) is 18.2 Å². The van der Waals surface area contributed by atoms with E-state index in [0.29, 0.717) is 16.7 Å². The Balaban J connectivity index is 1.89. The van der Waals surface area contributed by atoms with Crippen molar-refractivity contribution in [2.24, 2.45) is 0 Å². The predicted octanol–water partition coefficient (Wildman–Crippen LogP) is 3.18. The number of aliphatic hydroxyl groups is 1. The van der Waals surface area contributed by atoms with Crippen LogP contribution < -0.4 is 0 Å². The van der Waals surface area contributed by atoms with Gasteiger partial charge in [-0.3, -0.25) is 4.98 Å². The first-order valence-electron chi connectivity index (χ1n) is 6.47. The molecule has 0 aliphatic heterocycles. The summed E-state index contributed by atoms with van der Waals surface area (Å²) in [5.41, 5.74) is 1.80. The van der Waals surface area contributed by atoms with Gasteiger partial charge in [0.1, 0.15) is 17.7 Å². The van der Waals surface area contributed by atoms with Gasteiger partial charge in [0.15, 0.2) is 0 Å². The summed E-state index contributed by atoms with van der Waals surface area (Å²) in [5.74, 6) is -1.09. The van der Waals surface area contributed by atoms with Crippen molar-refractivity contribution in [1.29, 1.82) is 0 Å². The maximum atomic E-state index is 13.6. The molecule has 5 heteroatoms. The molecule has 0 saturated heterocycles. The van der Waals surface area contributed by atoms with Gasteiger partial charge in [0.25, 0.3) is 0 Å². The van der Waals surface area contributed by atoms with Crippen LogP contribution in [0.5, 0.6) is 0 Å². The van der Waals surface area contributed by atoms with Crippen molar-refractivity contribution < 1.29 is 13.9 Å². The van der Waals surface area contributed by atoms with Crippen molar-refractivity contribution in [3.63, 3.8) is 0 Å². The fraction of sp³-hybridized carbons (Fsp3) is 0.125. The molecule has 3 rings (SSSR count). The van der Waals surface area contributed by atoms with E-state index in [2.05, 4.69) is 9.97 Å². The molecule has 2 aromatic carbocycles. The minimum absolute atomic E-state index is 0.0589. The fourth-order valence-corrected chi connectivity index (χ4v) is 2.14. The molecule has 0 amide bonds. The molecule has 0 spiro atoms. The van der Waals surface area contributed by atoms with E-state index in [1.807, 2.05) is 18.2 Å². The van der Waals surface area contributed by atoms with E-state index < -0.39 is 17.7 Å². The third-order valence-corrected chi connectivity index (χ3v) is 3.23. The Morgan fingerprint density at radius 3 is 2.62 bits per heavy atom. The predicted molar refractivity (Wildman–Crippen MR) is 74.6 cm³/mol. The van der Waals surface area contributed by atoms with Crippen molar-refractivity contribution in [2.45, 2.75) is 12.5 Å². The molecule has 1 N–H and O–H groups in total. The summed E-state index contributed by atoms with van der Waals surface area (Å²) in [5, 5.41) is 10.2. The van der Waals surface area contributed by atoms with Gasteiger partial charge >= 0.3 is 0 Å². The largest absolute Gasteiger partial charge is 0.386 e. The third-order valence-electron chi connectivity index (χ3n) is 3.23. The smallest absolute Gasteiger partial charge is 0.126 e. The second-order valence-electron chi connectivity index (χ2n) is 4.74. The first-order valence-corrected chi connectivity index (χ1v) is 6.47. The number of para-hydroxylation sites is 2. The van der Waals surface area contributed by atoms with Crippen LogP contribution in [0.25, 0.3) is 11.0 Å². The lowest BCUT2D eigenvalue weighted by atomic mass is 10.0. The van der Waals surface area contributed by atoms with Gasteiger partial charge in [-0.05, 0) is 35.9 Å². The average molecular weight is 286 g/mol. The molecule has 0 aliphatic rings. The van der Waals surface area contributed by atoms with Gasteiger partial charge in [0.2, 0.25) is 0 Å². The molecule has 0 aliphatic carbocycles. The molecule has 0 saturated carbocycles. The maximum absolute atomic E-state index is 13.6. The molecule has 3 nitrogen and oxygen atoms in total. The highest BCUT2D eigenvalue weighted by Crippen LogP contribution is 2.20. The molecule has 0 bridgehead atoms. The van der Waals surface area contributed by atoms with Crippen molar-refractivity contribution in [3.05, 3.63) is 71.6 Å². The van der Waals surface area contributed by atoms with Crippen molar-refractivity contribution in [1.82, 2.24) is 9.97 Å². The SMILES string of the molecule is OC(Cc1cc(F)ccc1F)c1cnc2ccccc2n1. The van der Waals surface area contributed by atoms with Crippen LogP contribution in [0.2, 0.25) is 0 Å². The summed E-state index contributed by atoms with van der Waals surface area (Å²) in [7, 11) is 0. The van der Waals surface area contributed by atoms with E-state index in [-0.39, 0.29) is 12.0 Å². The Morgan fingerprint density at radius 2 is 1.81 bits per heavy atom. The number of aromatic nitrogens is 2. The van der Waals surface area contributed by atoms with Crippen LogP contribution in [0.4, 0.5) is 8.78 Å². The zero-order valence-corrected chi connectivity index (χ0v) is 11.0. The standard InChI is InChI=1S/C16H12F2N2O/c17-11-5-6-12(18)10(7-11)8-16(21)15-9-19-13-3-1-2-4-14(13)20-15/h1-7,9,16,21H,8H2. The van der Waals surface area contributed by atoms with Gasteiger partial charge in [0, 0.05) is 6.42 Å². The fourth-order valence-electron chi connectivity index (χ4n) is 2.14. The second kappa shape index (κ2) is 5.54. The van der Waals surface area contributed by atoms with Crippen LogP contribution in [-0.2, 0) is 6.42 Å². The Morgan fingerprint density at radius 1 is 1.05 bits per heavy atom. The van der Waals surface area contributed by atoms with Gasteiger partial charge in [-0.25, -0.2) is 13.8 Å². The summed E-state index contributed by atoms with van der Waals surface area (Å²) in [4.78, 5) is 8.49. The monoisotopic (exact) mass is 286 g/mol. The molecule has 1 atom stereocenters. The van der Waals surface area contributed by atoms with E-state index in [1.54, 1.807) is 6.07 Å². The number of rotatable bonds is 3. The minimum atomic E-state index is -1.04. The van der Waals surface area contributed by atoms with Crippen LogP contribution in [0, 0.1) is 11.6 Å². The second-order valence-corrected chi connectivity index (χ2v) is 4.74. The number of halogens is 2. The quantitative estimate of drug-likeness (QED) is 0.804. The average Bonchev–Trinajstić information content (AvgIpc) is 2.50. The molecular weight excluding hydrogens is 274 g/mol. The van der Waals surface area contributed by atoms with Crippen LogP contribution in [0.15, 0.2) is 48.7 Å². The highest BCUT2D eigenvalue weighted by molar-refractivity contribution is 5.73. The number of hydrogen-bond donors (Lipinski definition) is 1. The summed E-state index contributed by atoms with van der Waals surface area (Å²) < 4.78 is 26.7. The number of fused-ring (bicyclic) bond motifs is 1. The van der Waals surface area contributed by atoms with E-state index in [4.69, 9.17) is 0 Å². The summed E-state index contributed by atoms with van der Waals surface area (Å²) in [6.07, 6.45) is 0.347. The summed E-state index contributed by atoms with van der Waals surface area (Å²) in [6.45, 7) is 0. The molecule has 1 aromatic heterocycles. The van der Waals surface area contributed by atoms with Crippen LogP contribution in [0.3, 0.4) is 0 Å². The molecule has 106 valence electrons. The molecule has 21 heavy (non-hydrogen) atoms. The van der Waals surface area contributed by atoms with Crippen molar-refractivity contribution in [3.8, 4) is 0 Å². The highest BCUT2D eigenvalue weighted by Gasteiger charge is 2.14. The lowest BCUT2D eigenvalue weighted by Gasteiger charge is -2.11. The number of benzene rings is 2. The lowest BCUT2D eigenvalue weighted by Crippen LogP contribution is -2.07. The summed E-state index contributed by atoms with van der Waals surface area (Å²) >= 11 is 0. The van der Waals surface area contributed by atoms with Gasteiger partial charge in [0.05, 0.1) is 22.9 Å². The molecule has 0 fully saturated rings. The first kappa shape index (κ1) is 13.6. The van der Waals surface area contributed by atoms with Crippen molar-refractivity contribution in [2.75, 3.05) is 0 Å². The Labute approximate surface area is 119 Å². The first-order chi connectivity index (χ1) is 10.1. The summed E-state index contributed by atoms with van der Waals surface area (Å²) in [6, 6.07) is 10.4. The van der Waals surface area contributed by atoms with E-state index in [1.165, 1.54) is 6.20 Å². The zero-order chi connectivity index (χ0) is 14.8. The van der Waals surface area contributed by atoms with Gasteiger partial charge < -0.3 is 5.11 Å². The number of aliphatic hydroxyl groups excluding tert-OH is 1.